The van der Waals surface area contributed by atoms with Crippen molar-refractivity contribution in [2.45, 2.75) is 18.1 Å². The van der Waals surface area contributed by atoms with Crippen molar-refractivity contribution in [3.05, 3.63) is 23.8 Å². The molecule has 1 aromatic rings. The third-order valence-electron chi connectivity index (χ3n) is 2.68. The molecule has 1 atom stereocenters. The zero-order valence-corrected chi connectivity index (χ0v) is 10.2. The van der Waals surface area contributed by atoms with Gasteiger partial charge in [0, 0.05) is 23.4 Å². The van der Waals surface area contributed by atoms with E-state index < -0.39 is 0 Å². The summed E-state index contributed by atoms with van der Waals surface area (Å²) in [6, 6.07) is 3.89. The summed E-state index contributed by atoms with van der Waals surface area (Å²) in [7, 11) is 0. The maximum absolute atomic E-state index is 11.8. The van der Waals surface area contributed by atoms with Crippen LogP contribution in [-0.2, 0) is 0 Å². The Morgan fingerprint density at radius 2 is 2.06 bits per heavy atom. The standard InChI is InChI=1S/C12H15NO3S/c14-9-4-8(5-10(15)6-9)12(16)13-7-11-2-1-3-17-11/h4-6,11,14-15H,1-3,7H2,(H,13,16). The molecule has 1 amide bonds. The van der Waals surface area contributed by atoms with Gasteiger partial charge in [-0.3, -0.25) is 4.79 Å². The number of nitrogens with one attached hydrogen (secondary N) is 1. The van der Waals surface area contributed by atoms with Crippen molar-refractivity contribution in [3.63, 3.8) is 0 Å². The summed E-state index contributed by atoms with van der Waals surface area (Å²) in [6.07, 6.45) is 2.34. The summed E-state index contributed by atoms with van der Waals surface area (Å²) >= 11 is 1.87. The Kier molecular flexibility index (Phi) is 3.78. The van der Waals surface area contributed by atoms with E-state index in [0.29, 0.717) is 11.8 Å². The zero-order valence-electron chi connectivity index (χ0n) is 9.35. The van der Waals surface area contributed by atoms with Crippen LogP contribution in [0.1, 0.15) is 23.2 Å². The van der Waals surface area contributed by atoms with Crippen molar-refractivity contribution >= 4 is 17.7 Å². The minimum absolute atomic E-state index is 0.106. The second kappa shape index (κ2) is 5.31. The Bertz CT molecular complexity index is 396. The Labute approximate surface area is 104 Å². The molecule has 17 heavy (non-hydrogen) atoms. The van der Waals surface area contributed by atoms with E-state index in [1.54, 1.807) is 0 Å². The van der Waals surface area contributed by atoms with Gasteiger partial charge in [-0.1, -0.05) is 0 Å². The van der Waals surface area contributed by atoms with Crippen molar-refractivity contribution in [1.29, 1.82) is 0 Å². The van der Waals surface area contributed by atoms with Crippen LogP contribution in [0.25, 0.3) is 0 Å². The highest BCUT2D eigenvalue weighted by Crippen LogP contribution is 2.25. The largest absolute Gasteiger partial charge is 0.508 e. The highest BCUT2D eigenvalue weighted by Gasteiger charge is 2.17. The van der Waals surface area contributed by atoms with Crippen molar-refractivity contribution < 1.29 is 15.0 Å². The van der Waals surface area contributed by atoms with E-state index in [1.165, 1.54) is 24.6 Å². The monoisotopic (exact) mass is 253 g/mol. The number of carbonyl (C=O) groups excluding carboxylic acids is 1. The van der Waals surface area contributed by atoms with E-state index in [1.807, 2.05) is 11.8 Å². The summed E-state index contributed by atoms with van der Waals surface area (Å²) < 4.78 is 0. The number of amides is 1. The summed E-state index contributed by atoms with van der Waals surface area (Å²) in [5, 5.41) is 21.9. The number of hydrogen-bond acceptors (Lipinski definition) is 4. The smallest absolute Gasteiger partial charge is 0.251 e. The fourth-order valence-electron chi connectivity index (χ4n) is 1.84. The molecule has 2 rings (SSSR count). The SMILES string of the molecule is O=C(NCC1CCCS1)c1cc(O)cc(O)c1. The van der Waals surface area contributed by atoms with Crippen LogP contribution in [0.5, 0.6) is 11.5 Å². The van der Waals surface area contributed by atoms with Crippen LogP contribution < -0.4 is 5.32 Å². The fraction of sp³-hybridized carbons (Fsp3) is 0.417. The van der Waals surface area contributed by atoms with Gasteiger partial charge < -0.3 is 15.5 Å². The summed E-state index contributed by atoms with van der Waals surface area (Å²) in [5.41, 5.74) is 0.283. The van der Waals surface area contributed by atoms with E-state index >= 15 is 0 Å². The predicted molar refractivity (Wildman–Crippen MR) is 67.6 cm³/mol. The van der Waals surface area contributed by atoms with Gasteiger partial charge >= 0.3 is 0 Å². The first-order valence-corrected chi connectivity index (χ1v) is 6.63. The van der Waals surface area contributed by atoms with Crippen LogP contribution in [0.3, 0.4) is 0 Å². The lowest BCUT2D eigenvalue weighted by atomic mass is 10.2. The third kappa shape index (κ3) is 3.30. The first-order chi connectivity index (χ1) is 8.15. The van der Waals surface area contributed by atoms with E-state index in [0.717, 1.165) is 12.2 Å². The average Bonchev–Trinajstić information content (AvgIpc) is 2.77. The van der Waals surface area contributed by atoms with Gasteiger partial charge in [-0.25, -0.2) is 0 Å². The van der Waals surface area contributed by atoms with Crippen molar-refractivity contribution in [2.24, 2.45) is 0 Å². The topological polar surface area (TPSA) is 69.6 Å². The lowest BCUT2D eigenvalue weighted by molar-refractivity contribution is 0.0953. The van der Waals surface area contributed by atoms with Crippen LogP contribution in [0, 0.1) is 0 Å². The highest BCUT2D eigenvalue weighted by molar-refractivity contribution is 8.00. The van der Waals surface area contributed by atoms with Crippen LogP contribution in [0.2, 0.25) is 0 Å². The number of carbonyl (C=O) groups is 1. The van der Waals surface area contributed by atoms with Crippen molar-refractivity contribution in [1.82, 2.24) is 5.32 Å². The maximum atomic E-state index is 11.8. The Hall–Kier alpha value is -1.36. The number of rotatable bonds is 3. The predicted octanol–water partition coefficient (Wildman–Crippen LogP) is 1.72. The molecule has 1 heterocycles. The minimum Gasteiger partial charge on any atom is -0.508 e. The van der Waals surface area contributed by atoms with Crippen LogP contribution in [0.4, 0.5) is 0 Å². The molecule has 1 saturated heterocycles. The summed E-state index contributed by atoms with van der Waals surface area (Å²) in [6.45, 7) is 0.639. The molecular formula is C12H15NO3S. The molecule has 0 aromatic heterocycles. The summed E-state index contributed by atoms with van der Waals surface area (Å²) in [4.78, 5) is 11.8. The lowest BCUT2D eigenvalue weighted by Crippen LogP contribution is -2.29. The van der Waals surface area contributed by atoms with Crippen LogP contribution in [-0.4, -0.2) is 33.7 Å². The number of phenolic OH excluding ortho intramolecular Hbond substituents is 2. The van der Waals surface area contributed by atoms with Gasteiger partial charge in [-0.2, -0.15) is 11.8 Å². The first kappa shape index (κ1) is 12.1. The molecule has 92 valence electrons. The van der Waals surface area contributed by atoms with E-state index in [-0.39, 0.29) is 23.0 Å². The molecule has 5 heteroatoms. The molecule has 1 fully saturated rings. The Morgan fingerprint density at radius 3 is 2.65 bits per heavy atom. The minimum atomic E-state index is -0.260. The molecule has 0 spiro atoms. The molecular weight excluding hydrogens is 238 g/mol. The van der Waals surface area contributed by atoms with Crippen molar-refractivity contribution in [2.75, 3.05) is 12.3 Å². The molecule has 1 unspecified atom stereocenters. The Balaban J connectivity index is 1.94. The molecule has 1 aliphatic heterocycles. The van der Waals surface area contributed by atoms with Crippen LogP contribution in [0.15, 0.2) is 18.2 Å². The number of thioether (sulfide) groups is 1. The second-order valence-corrected chi connectivity index (χ2v) is 5.49. The normalized spacial score (nSPS) is 19.2. The van der Waals surface area contributed by atoms with Gasteiger partial charge in [0.25, 0.3) is 5.91 Å². The molecule has 4 nitrogen and oxygen atoms in total. The zero-order chi connectivity index (χ0) is 12.3. The first-order valence-electron chi connectivity index (χ1n) is 5.58. The average molecular weight is 253 g/mol. The van der Waals surface area contributed by atoms with Gasteiger partial charge in [0.2, 0.25) is 0 Å². The third-order valence-corrected chi connectivity index (χ3v) is 4.08. The fourth-order valence-corrected chi connectivity index (χ4v) is 3.04. The molecule has 0 radical (unpaired) electrons. The molecule has 1 aliphatic rings. The number of phenols is 2. The molecule has 0 bridgehead atoms. The molecule has 0 saturated carbocycles. The van der Waals surface area contributed by atoms with Gasteiger partial charge in [0.15, 0.2) is 0 Å². The molecule has 3 N–H and O–H groups in total. The number of hydrogen-bond donors (Lipinski definition) is 3. The number of aromatic hydroxyl groups is 2. The second-order valence-electron chi connectivity index (χ2n) is 4.08. The van der Waals surface area contributed by atoms with E-state index in [2.05, 4.69) is 5.32 Å². The molecule has 1 aromatic carbocycles. The summed E-state index contributed by atoms with van der Waals surface area (Å²) in [5.74, 6) is 0.687. The van der Waals surface area contributed by atoms with E-state index in [4.69, 9.17) is 0 Å². The maximum Gasteiger partial charge on any atom is 0.251 e. The quantitative estimate of drug-likeness (QED) is 0.767. The molecule has 0 aliphatic carbocycles. The van der Waals surface area contributed by atoms with Gasteiger partial charge in [-0.15, -0.1) is 0 Å². The highest BCUT2D eigenvalue weighted by atomic mass is 32.2. The van der Waals surface area contributed by atoms with Gasteiger partial charge in [0.05, 0.1) is 0 Å². The number of benzene rings is 1. The Morgan fingerprint density at radius 1 is 1.35 bits per heavy atom. The lowest BCUT2D eigenvalue weighted by Gasteiger charge is -2.10. The van der Waals surface area contributed by atoms with Crippen LogP contribution >= 0.6 is 11.8 Å². The van der Waals surface area contributed by atoms with E-state index in [9.17, 15) is 15.0 Å². The van der Waals surface area contributed by atoms with Gasteiger partial charge in [-0.05, 0) is 30.7 Å². The van der Waals surface area contributed by atoms with Gasteiger partial charge in [0.1, 0.15) is 11.5 Å². The van der Waals surface area contributed by atoms with Crippen molar-refractivity contribution in [3.8, 4) is 11.5 Å².